The molecular formula is C12H14N2O. The van der Waals surface area contributed by atoms with Gasteiger partial charge in [-0.05, 0) is 24.0 Å². The Kier molecular flexibility index (Phi) is 1.91. The Morgan fingerprint density at radius 1 is 1.33 bits per heavy atom. The fraction of sp³-hybridized carbons (Fsp3) is 0.417. The van der Waals surface area contributed by atoms with Gasteiger partial charge in [0.25, 0.3) is 0 Å². The van der Waals surface area contributed by atoms with E-state index < -0.39 is 0 Å². The van der Waals surface area contributed by atoms with Gasteiger partial charge in [-0.1, -0.05) is 24.3 Å². The highest BCUT2D eigenvalue weighted by Gasteiger charge is 2.32. The first-order valence-corrected chi connectivity index (χ1v) is 5.48. The maximum Gasteiger partial charge on any atom is 0.318 e. The normalized spacial score (nSPS) is 24.1. The van der Waals surface area contributed by atoms with Crippen molar-refractivity contribution in [3.8, 4) is 0 Å². The van der Waals surface area contributed by atoms with Gasteiger partial charge in [0.15, 0.2) is 0 Å². The number of nitrogens with one attached hydrogen (secondary N) is 1. The molecule has 2 amide bonds. The maximum atomic E-state index is 11.6. The summed E-state index contributed by atoms with van der Waals surface area (Å²) in [5.41, 5.74) is 2.75. The zero-order chi connectivity index (χ0) is 10.3. The molecule has 0 bridgehead atoms. The molecule has 3 rings (SSSR count). The molecule has 1 N–H and O–H groups in total. The minimum absolute atomic E-state index is 0.0942. The van der Waals surface area contributed by atoms with E-state index in [1.807, 2.05) is 4.90 Å². The van der Waals surface area contributed by atoms with Gasteiger partial charge in [-0.2, -0.15) is 0 Å². The number of fused-ring (bicyclic) bond motifs is 1. The summed E-state index contributed by atoms with van der Waals surface area (Å²) in [7, 11) is 0. The third-order valence-corrected chi connectivity index (χ3v) is 3.37. The number of hydrogen-bond donors (Lipinski definition) is 1. The lowest BCUT2D eigenvalue weighted by atomic mass is 10.1. The van der Waals surface area contributed by atoms with Crippen LogP contribution < -0.4 is 5.32 Å². The van der Waals surface area contributed by atoms with E-state index in [-0.39, 0.29) is 6.03 Å². The standard InChI is InChI=1S/C12H14N2O/c15-12-13-7-8-14(12)11-6-5-9-3-1-2-4-10(9)11/h1-4,11H,5-8H2,(H,13,15)/t11-/m1/s1. The monoisotopic (exact) mass is 202 g/mol. The summed E-state index contributed by atoms with van der Waals surface area (Å²) in [6.45, 7) is 1.63. The van der Waals surface area contributed by atoms with E-state index in [1.165, 1.54) is 11.1 Å². The summed E-state index contributed by atoms with van der Waals surface area (Å²) in [5, 5.41) is 2.86. The quantitative estimate of drug-likeness (QED) is 0.738. The lowest BCUT2D eigenvalue weighted by molar-refractivity contribution is 0.198. The molecule has 15 heavy (non-hydrogen) atoms. The van der Waals surface area contributed by atoms with Gasteiger partial charge < -0.3 is 10.2 Å². The smallest absolute Gasteiger partial charge is 0.318 e. The van der Waals surface area contributed by atoms with Gasteiger partial charge in [0.2, 0.25) is 0 Å². The van der Waals surface area contributed by atoms with E-state index in [0.29, 0.717) is 6.04 Å². The number of benzene rings is 1. The predicted octanol–water partition coefficient (Wildman–Crippen LogP) is 1.70. The summed E-state index contributed by atoms with van der Waals surface area (Å²) in [6.07, 6.45) is 2.18. The lowest BCUT2D eigenvalue weighted by Gasteiger charge is -2.23. The Balaban J connectivity index is 1.93. The molecule has 1 fully saturated rings. The number of carbonyl (C=O) groups excluding carboxylic acids is 1. The predicted molar refractivity (Wildman–Crippen MR) is 57.6 cm³/mol. The summed E-state index contributed by atoms with van der Waals surface area (Å²) in [6, 6.07) is 8.86. The number of carbonyl (C=O) groups is 1. The summed E-state index contributed by atoms with van der Waals surface area (Å²) in [5.74, 6) is 0. The number of amides is 2. The first kappa shape index (κ1) is 8.77. The molecule has 0 aromatic heterocycles. The molecule has 0 unspecified atom stereocenters. The minimum atomic E-state index is 0.0942. The third kappa shape index (κ3) is 1.30. The molecule has 1 heterocycles. The van der Waals surface area contributed by atoms with Crippen LogP contribution in [0.4, 0.5) is 4.79 Å². The van der Waals surface area contributed by atoms with Gasteiger partial charge in [-0.3, -0.25) is 0 Å². The molecule has 1 aliphatic carbocycles. The molecule has 2 aliphatic rings. The highest BCUT2D eigenvalue weighted by atomic mass is 16.2. The molecule has 1 aliphatic heterocycles. The van der Waals surface area contributed by atoms with Crippen molar-refractivity contribution in [3.05, 3.63) is 35.4 Å². The van der Waals surface area contributed by atoms with Gasteiger partial charge in [0, 0.05) is 13.1 Å². The van der Waals surface area contributed by atoms with Crippen LogP contribution in [0, 0.1) is 0 Å². The third-order valence-electron chi connectivity index (χ3n) is 3.37. The Morgan fingerprint density at radius 3 is 3.00 bits per heavy atom. The Labute approximate surface area is 89.1 Å². The highest BCUT2D eigenvalue weighted by molar-refractivity contribution is 5.77. The molecule has 1 atom stereocenters. The molecule has 0 saturated carbocycles. The molecule has 0 spiro atoms. The van der Waals surface area contributed by atoms with Gasteiger partial charge >= 0.3 is 6.03 Å². The van der Waals surface area contributed by atoms with Crippen molar-refractivity contribution >= 4 is 6.03 Å². The number of rotatable bonds is 1. The van der Waals surface area contributed by atoms with Crippen LogP contribution in [0.15, 0.2) is 24.3 Å². The van der Waals surface area contributed by atoms with Crippen LogP contribution in [0.1, 0.15) is 23.6 Å². The fourth-order valence-electron chi connectivity index (χ4n) is 2.64. The largest absolute Gasteiger partial charge is 0.336 e. The maximum absolute atomic E-state index is 11.6. The van der Waals surface area contributed by atoms with Gasteiger partial charge in [0.05, 0.1) is 6.04 Å². The molecule has 1 saturated heterocycles. The van der Waals surface area contributed by atoms with Crippen molar-refractivity contribution in [2.24, 2.45) is 0 Å². The number of hydrogen-bond acceptors (Lipinski definition) is 1. The molecule has 78 valence electrons. The van der Waals surface area contributed by atoms with Gasteiger partial charge in [0.1, 0.15) is 0 Å². The van der Waals surface area contributed by atoms with E-state index in [9.17, 15) is 4.79 Å². The van der Waals surface area contributed by atoms with Crippen molar-refractivity contribution in [2.75, 3.05) is 13.1 Å². The number of aryl methyl sites for hydroxylation is 1. The number of nitrogens with zero attached hydrogens (tertiary/aromatic N) is 1. The van der Waals surface area contributed by atoms with Crippen LogP contribution in [0.5, 0.6) is 0 Å². The van der Waals surface area contributed by atoms with Crippen molar-refractivity contribution in [1.82, 2.24) is 10.2 Å². The van der Waals surface area contributed by atoms with Gasteiger partial charge in [-0.15, -0.1) is 0 Å². The van der Waals surface area contributed by atoms with Crippen LogP contribution in [-0.4, -0.2) is 24.0 Å². The van der Waals surface area contributed by atoms with Crippen molar-refractivity contribution < 1.29 is 4.79 Å². The summed E-state index contributed by atoms with van der Waals surface area (Å²) >= 11 is 0. The van der Waals surface area contributed by atoms with E-state index >= 15 is 0 Å². The lowest BCUT2D eigenvalue weighted by Crippen LogP contribution is -2.31. The SMILES string of the molecule is O=C1NCCN1[C@@H]1CCc2ccccc21. The minimum Gasteiger partial charge on any atom is -0.336 e. The first-order chi connectivity index (χ1) is 7.36. The highest BCUT2D eigenvalue weighted by Crippen LogP contribution is 2.35. The fourth-order valence-corrected chi connectivity index (χ4v) is 2.64. The molecule has 1 aromatic rings. The van der Waals surface area contributed by atoms with Gasteiger partial charge in [-0.25, -0.2) is 4.79 Å². The van der Waals surface area contributed by atoms with E-state index in [4.69, 9.17) is 0 Å². The Morgan fingerprint density at radius 2 is 2.20 bits per heavy atom. The second-order valence-corrected chi connectivity index (χ2v) is 4.18. The van der Waals surface area contributed by atoms with Crippen LogP contribution in [0.25, 0.3) is 0 Å². The summed E-state index contributed by atoms with van der Waals surface area (Å²) in [4.78, 5) is 13.6. The van der Waals surface area contributed by atoms with Crippen LogP contribution in [0.2, 0.25) is 0 Å². The van der Waals surface area contributed by atoms with E-state index in [0.717, 1.165) is 25.9 Å². The topological polar surface area (TPSA) is 32.3 Å². The van der Waals surface area contributed by atoms with Crippen LogP contribution >= 0.6 is 0 Å². The second-order valence-electron chi connectivity index (χ2n) is 4.18. The zero-order valence-corrected chi connectivity index (χ0v) is 8.57. The number of urea groups is 1. The zero-order valence-electron chi connectivity index (χ0n) is 8.57. The van der Waals surface area contributed by atoms with Crippen LogP contribution in [0.3, 0.4) is 0 Å². The first-order valence-electron chi connectivity index (χ1n) is 5.48. The van der Waals surface area contributed by atoms with E-state index in [1.54, 1.807) is 0 Å². The average Bonchev–Trinajstić information content (AvgIpc) is 2.83. The molecule has 3 heteroatoms. The summed E-state index contributed by atoms with van der Waals surface area (Å²) < 4.78 is 0. The van der Waals surface area contributed by atoms with Crippen molar-refractivity contribution in [2.45, 2.75) is 18.9 Å². The average molecular weight is 202 g/mol. The molecular weight excluding hydrogens is 188 g/mol. The molecule has 3 nitrogen and oxygen atoms in total. The van der Waals surface area contributed by atoms with Crippen LogP contribution in [-0.2, 0) is 6.42 Å². The Hall–Kier alpha value is -1.51. The van der Waals surface area contributed by atoms with Crippen molar-refractivity contribution in [3.63, 3.8) is 0 Å². The molecule has 0 radical (unpaired) electrons. The molecule has 1 aromatic carbocycles. The second kappa shape index (κ2) is 3.26. The Bertz CT molecular complexity index is 402. The van der Waals surface area contributed by atoms with E-state index in [2.05, 4.69) is 29.6 Å². The van der Waals surface area contributed by atoms with Crippen molar-refractivity contribution in [1.29, 1.82) is 0 Å².